The SMILES string of the molecule is Cc1cccc(-c2cccc(OCCN)c2)c1C. The Kier molecular flexibility index (Phi) is 4.00. The van der Waals surface area contributed by atoms with Crippen LogP contribution in [0.4, 0.5) is 0 Å². The molecule has 0 spiro atoms. The van der Waals surface area contributed by atoms with Gasteiger partial charge in [0.2, 0.25) is 0 Å². The molecule has 0 atom stereocenters. The maximum Gasteiger partial charge on any atom is 0.119 e. The molecular weight excluding hydrogens is 222 g/mol. The molecule has 0 unspecified atom stereocenters. The van der Waals surface area contributed by atoms with Gasteiger partial charge in [-0.05, 0) is 48.2 Å². The quantitative estimate of drug-likeness (QED) is 0.891. The van der Waals surface area contributed by atoms with Crippen LogP contribution in [0.5, 0.6) is 5.75 Å². The van der Waals surface area contributed by atoms with E-state index in [9.17, 15) is 0 Å². The summed E-state index contributed by atoms with van der Waals surface area (Å²) in [7, 11) is 0. The van der Waals surface area contributed by atoms with Gasteiger partial charge in [0, 0.05) is 6.54 Å². The highest BCUT2D eigenvalue weighted by Gasteiger charge is 2.04. The van der Waals surface area contributed by atoms with Gasteiger partial charge in [-0.25, -0.2) is 0 Å². The third-order valence-electron chi connectivity index (χ3n) is 3.14. The molecule has 2 aromatic rings. The zero-order valence-electron chi connectivity index (χ0n) is 10.9. The minimum atomic E-state index is 0.535. The van der Waals surface area contributed by atoms with E-state index in [0.29, 0.717) is 13.2 Å². The number of rotatable bonds is 4. The van der Waals surface area contributed by atoms with Crippen LogP contribution in [0, 0.1) is 13.8 Å². The van der Waals surface area contributed by atoms with E-state index in [0.717, 1.165) is 5.75 Å². The molecule has 0 saturated carbocycles. The van der Waals surface area contributed by atoms with E-state index in [1.165, 1.54) is 22.3 Å². The lowest BCUT2D eigenvalue weighted by atomic mass is 9.97. The molecule has 0 saturated heterocycles. The largest absolute Gasteiger partial charge is 0.492 e. The second-order valence-electron chi connectivity index (χ2n) is 4.41. The van der Waals surface area contributed by atoms with Crippen molar-refractivity contribution in [2.75, 3.05) is 13.2 Å². The summed E-state index contributed by atoms with van der Waals surface area (Å²) in [5, 5.41) is 0. The molecule has 2 rings (SSSR count). The molecule has 2 N–H and O–H groups in total. The van der Waals surface area contributed by atoms with Crippen LogP contribution >= 0.6 is 0 Å². The Morgan fingerprint density at radius 2 is 1.83 bits per heavy atom. The monoisotopic (exact) mass is 241 g/mol. The molecule has 0 aliphatic heterocycles. The fourth-order valence-electron chi connectivity index (χ4n) is 1.99. The second kappa shape index (κ2) is 5.69. The van der Waals surface area contributed by atoms with Crippen LogP contribution in [-0.2, 0) is 0 Å². The lowest BCUT2D eigenvalue weighted by molar-refractivity contribution is 0.328. The van der Waals surface area contributed by atoms with Gasteiger partial charge in [0.25, 0.3) is 0 Å². The highest BCUT2D eigenvalue weighted by Crippen LogP contribution is 2.28. The Morgan fingerprint density at radius 3 is 2.61 bits per heavy atom. The van der Waals surface area contributed by atoms with Gasteiger partial charge >= 0.3 is 0 Å². The Morgan fingerprint density at radius 1 is 1.06 bits per heavy atom. The van der Waals surface area contributed by atoms with E-state index in [4.69, 9.17) is 10.5 Å². The molecule has 0 fully saturated rings. The number of hydrogen-bond donors (Lipinski definition) is 1. The second-order valence-corrected chi connectivity index (χ2v) is 4.41. The van der Waals surface area contributed by atoms with Crippen molar-refractivity contribution in [2.24, 2.45) is 5.73 Å². The van der Waals surface area contributed by atoms with Crippen molar-refractivity contribution in [2.45, 2.75) is 13.8 Å². The van der Waals surface area contributed by atoms with Gasteiger partial charge in [0.05, 0.1) is 0 Å². The highest BCUT2D eigenvalue weighted by molar-refractivity contribution is 5.69. The molecule has 0 bridgehead atoms. The molecule has 0 aliphatic carbocycles. The molecule has 0 heterocycles. The predicted molar refractivity (Wildman–Crippen MR) is 75.9 cm³/mol. The summed E-state index contributed by atoms with van der Waals surface area (Å²) in [6.07, 6.45) is 0. The Balaban J connectivity index is 2.35. The van der Waals surface area contributed by atoms with Crippen LogP contribution in [0.2, 0.25) is 0 Å². The summed E-state index contributed by atoms with van der Waals surface area (Å²) < 4.78 is 5.56. The number of hydrogen-bond acceptors (Lipinski definition) is 2. The summed E-state index contributed by atoms with van der Waals surface area (Å²) in [6, 6.07) is 14.5. The zero-order chi connectivity index (χ0) is 13.0. The molecule has 0 aliphatic rings. The molecule has 94 valence electrons. The van der Waals surface area contributed by atoms with E-state index < -0.39 is 0 Å². The van der Waals surface area contributed by atoms with E-state index in [1.807, 2.05) is 12.1 Å². The normalized spacial score (nSPS) is 10.4. The van der Waals surface area contributed by atoms with Gasteiger partial charge in [-0.2, -0.15) is 0 Å². The number of ether oxygens (including phenoxy) is 1. The first kappa shape index (κ1) is 12.7. The smallest absolute Gasteiger partial charge is 0.119 e. The van der Waals surface area contributed by atoms with Gasteiger partial charge in [-0.1, -0.05) is 30.3 Å². The van der Waals surface area contributed by atoms with Gasteiger partial charge in [-0.15, -0.1) is 0 Å². The lowest BCUT2D eigenvalue weighted by Gasteiger charge is -2.11. The molecule has 0 aromatic heterocycles. The third-order valence-corrected chi connectivity index (χ3v) is 3.14. The maximum absolute atomic E-state index is 5.56. The van der Waals surface area contributed by atoms with E-state index in [2.05, 4.69) is 44.2 Å². The van der Waals surface area contributed by atoms with Gasteiger partial charge in [0.15, 0.2) is 0 Å². The molecule has 0 amide bonds. The van der Waals surface area contributed by atoms with Crippen LogP contribution in [0.1, 0.15) is 11.1 Å². The molecule has 18 heavy (non-hydrogen) atoms. The fraction of sp³-hybridized carbons (Fsp3) is 0.250. The Hall–Kier alpha value is -1.80. The maximum atomic E-state index is 5.56. The summed E-state index contributed by atoms with van der Waals surface area (Å²) >= 11 is 0. The average Bonchev–Trinajstić information content (AvgIpc) is 2.40. The Labute approximate surface area is 108 Å². The number of benzene rings is 2. The third kappa shape index (κ3) is 2.71. The van der Waals surface area contributed by atoms with Gasteiger partial charge in [0.1, 0.15) is 12.4 Å². The van der Waals surface area contributed by atoms with Crippen molar-refractivity contribution < 1.29 is 4.74 Å². The van der Waals surface area contributed by atoms with Crippen LogP contribution in [0.3, 0.4) is 0 Å². The molecule has 2 nitrogen and oxygen atoms in total. The van der Waals surface area contributed by atoms with Crippen molar-refractivity contribution in [1.29, 1.82) is 0 Å². The highest BCUT2D eigenvalue weighted by atomic mass is 16.5. The number of aryl methyl sites for hydroxylation is 1. The van der Waals surface area contributed by atoms with E-state index >= 15 is 0 Å². The van der Waals surface area contributed by atoms with Crippen molar-refractivity contribution >= 4 is 0 Å². The number of nitrogens with two attached hydrogens (primary N) is 1. The first-order chi connectivity index (χ1) is 8.72. The minimum absolute atomic E-state index is 0.535. The zero-order valence-corrected chi connectivity index (χ0v) is 10.9. The molecular formula is C16H19NO. The van der Waals surface area contributed by atoms with E-state index in [-0.39, 0.29) is 0 Å². The van der Waals surface area contributed by atoms with Crippen molar-refractivity contribution in [3.63, 3.8) is 0 Å². The van der Waals surface area contributed by atoms with Crippen LogP contribution in [0.25, 0.3) is 11.1 Å². The van der Waals surface area contributed by atoms with Gasteiger partial charge < -0.3 is 10.5 Å². The van der Waals surface area contributed by atoms with Crippen molar-refractivity contribution in [3.05, 3.63) is 53.6 Å². The molecule has 2 heteroatoms. The van der Waals surface area contributed by atoms with Crippen molar-refractivity contribution in [1.82, 2.24) is 0 Å². The van der Waals surface area contributed by atoms with Crippen LogP contribution in [-0.4, -0.2) is 13.2 Å². The topological polar surface area (TPSA) is 35.2 Å². The molecule has 0 radical (unpaired) electrons. The summed E-state index contributed by atoms with van der Waals surface area (Å²) in [5.74, 6) is 0.874. The summed E-state index contributed by atoms with van der Waals surface area (Å²) in [5.41, 5.74) is 10.5. The van der Waals surface area contributed by atoms with Crippen LogP contribution in [0.15, 0.2) is 42.5 Å². The van der Waals surface area contributed by atoms with Crippen LogP contribution < -0.4 is 10.5 Å². The molecule has 2 aromatic carbocycles. The minimum Gasteiger partial charge on any atom is -0.492 e. The van der Waals surface area contributed by atoms with Gasteiger partial charge in [-0.3, -0.25) is 0 Å². The predicted octanol–water partition coefficient (Wildman–Crippen LogP) is 3.31. The summed E-state index contributed by atoms with van der Waals surface area (Å²) in [4.78, 5) is 0. The lowest BCUT2D eigenvalue weighted by Crippen LogP contribution is -2.10. The first-order valence-electron chi connectivity index (χ1n) is 6.22. The van der Waals surface area contributed by atoms with E-state index in [1.54, 1.807) is 0 Å². The Bertz CT molecular complexity index is 534. The summed E-state index contributed by atoms with van der Waals surface area (Å²) in [6.45, 7) is 5.37. The fourth-order valence-corrected chi connectivity index (χ4v) is 1.99. The standard InChI is InChI=1S/C16H19NO/c1-12-5-3-8-16(13(12)2)14-6-4-7-15(11-14)18-10-9-17/h3-8,11H,9-10,17H2,1-2H3. The first-order valence-corrected chi connectivity index (χ1v) is 6.22. The van der Waals surface area contributed by atoms with Crippen molar-refractivity contribution in [3.8, 4) is 16.9 Å². The average molecular weight is 241 g/mol.